The zero-order valence-electron chi connectivity index (χ0n) is 21.2. The van der Waals surface area contributed by atoms with Crippen LogP contribution < -0.4 is 4.90 Å². The van der Waals surface area contributed by atoms with Gasteiger partial charge >= 0.3 is 0 Å². The molecule has 6 aromatic carbocycles. The first-order valence-corrected chi connectivity index (χ1v) is 12.8. The molecule has 1 nitrogen and oxygen atoms in total. The monoisotopic (exact) mass is 475 g/mol. The lowest BCUT2D eigenvalue weighted by Gasteiger charge is -2.27. The molecule has 178 valence electrons. The maximum Gasteiger partial charge on any atom is 0.0468 e. The molecule has 37 heavy (non-hydrogen) atoms. The Morgan fingerprint density at radius 3 is 1.65 bits per heavy atom. The van der Waals surface area contributed by atoms with Crippen LogP contribution in [-0.4, -0.2) is 0 Å². The number of benzene rings is 6. The molecule has 0 radical (unpaired) electrons. The lowest BCUT2D eigenvalue weighted by molar-refractivity contribution is 1.27. The van der Waals surface area contributed by atoms with Crippen molar-refractivity contribution in [2.45, 2.75) is 13.8 Å². The molecule has 1 heteroatoms. The molecular formula is C36H29N. The summed E-state index contributed by atoms with van der Waals surface area (Å²) < 4.78 is 0. The first kappa shape index (κ1) is 22.8. The third-order valence-electron chi connectivity index (χ3n) is 7.01. The van der Waals surface area contributed by atoms with E-state index in [-0.39, 0.29) is 0 Å². The van der Waals surface area contributed by atoms with E-state index in [2.05, 4.69) is 158 Å². The van der Waals surface area contributed by atoms with E-state index in [4.69, 9.17) is 0 Å². The van der Waals surface area contributed by atoms with Gasteiger partial charge < -0.3 is 4.90 Å². The highest BCUT2D eigenvalue weighted by molar-refractivity contribution is 6.01. The summed E-state index contributed by atoms with van der Waals surface area (Å²) in [6.07, 6.45) is 0. The van der Waals surface area contributed by atoms with Crippen LogP contribution in [0.5, 0.6) is 0 Å². The van der Waals surface area contributed by atoms with Crippen LogP contribution in [0.25, 0.3) is 33.0 Å². The molecule has 6 aromatic rings. The van der Waals surface area contributed by atoms with Gasteiger partial charge in [-0.15, -0.1) is 0 Å². The Hall–Kier alpha value is -4.62. The molecule has 0 aromatic heterocycles. The molecule has 0 aliphatic carbocycles. The zero-order chi connectivity index (χ0) is 25.2. The SMILES string of the molecule is Cc1ccc(N(c2ccc(C)cc2)c2ccc(-c3cccc4ccccc34)c(-c3ccccc3)c2)cc1. The standard InChI is InChI=1S/C36H29N/c1-26-15-19-30(20-16-26)37(31-21-17-27(2)18-22-31)32-23-24-35(36(25-32)29-9-4-3-5-10-29)34-14-8-12-28-11-6-7-13-33(28)34/h3-25H,1-2H3. The molecule has 0 aliphatic heterocycles. The quantitative estimate of drug-likeness (QED) is 0.240. The maximum atomic E-state index is 2.35. The van der Waals surface area contributed by atoms with Crippen molar-refractivity contribution in [2.24, 2.45) is 0 Å². The normalized spacial score (nSPS) is 11.0. The van der Waals surface area contributed by atoms with Gasteiger partial charge in [-0.2, -0.15) is 0 Å². The summed E-state index contributed by atoms with van der Waals surface area (Å²) in [5.74, 6) is 0. The summed E-state index contributed by atoms with van der Waals surface area (Å²) in [5.41, 5.74) is 10.8. The highest BCUT2D eigenvalue weighted by atomic mass is 15.1. The van der Waals surface area contributed by atoms with Crippen molar-refractivity contribution < 1.29 is 0 Å². The average molecular weight is 476 g/mol. The summed E-state index contributed by atoms with van der Waals surface area (Å²) >= 11 is 0. The van der Waals surface area contributed by atoms with Crippen molar-refractivity contribution >= 4 is 27.8 Å². The van der Waals surface area contributed by atoms with Gasteiger partial charge in [0, 0.05) is 17.1 Å². The van der Waals surface area contributed by atoms with Crippen LogP contribution >= 0.6 is 0 Å². The van der Waals surface area contributed by atoms with Gasteiger partial charge in [0.1, 0.15) is 0 Å². The van der Waals surface area contributed by atoms with Crippen molar-refractivity contribution in [1.29, 1.82) is 0 Å². The lowest BCUT2D eigenvalue weighted by atomic mass is 9.91. The third kappa shape index (κ3) is 4.52. The van der Waals surface area contributed by atoms with Crippen LogP contribution in [0.15, 0.2) is 140 Å². The Bertz CT molecular complexity index is 1610. The third-order valence-corrected chi connectivity index (χ3v) is 7.01. The second-order valence-corrected chi connectivity index (χ2v) is 9.63. The van der Waals surface area contributed by atoms with Crippen molar-refractivity contribution in [3.63, 3.8) is 0 Å². The van der Waals surface area contributed by atoms with Crippen LogP contribution in [0.1, 0.15) is 11.1 Å². The first-order chi connectivity index (χ1) is 18.2. The van der Waals surface area contributed by atoms with Crippen molar-refractivity contribution in [1.82, 2.24) is 0 Å². The summed E-state index contributed by atoms with van der Waals surface area (Å²) in [5, 5.41) is 2.52. The molecule has 0 saturated heterocycles. The Kier molecular flexibility index (Phi) is 6.04. The fraction of sp³-hybridized carbons (Fsp3) is 0.0556. The van der Waals surface area contributed by atoms with Gasteiger partial charge in [-0.1, -0.05) is 114 Å². The number of nitrogens with zero attached hydrogens (tertiary/aromatic N) is 1. The fourth-order valence-corrected chi connectivity index (χ4v) is 5.06. The molecule has 0 spiro atoms. The van der Waals surface area contributed by atoms with E-state index in [9.17, 15) is 0 Å². The van der Waals surface area contributed by atoms with Gasteiger partial charge in [-0.25, -0.2) is 0 Å². The zero-order valence-corrected chi connectivity index (χ0v) is 21.2. The van der Waals surface area contributed by atoms with E-state index >= 15 is 0 Å². The molecule has 6 rings (SSSR count). The average Bonchev–Trinajstić information content (AvgIpc) is 2.95. The van der Waals surface area contributed by atoms with Crippen LogP contribution in [0.2, 0.25) is 0 Å². The topological polar surface area (TPSA) is 3.24 Å². The molecule has 0 atom stereocenters. The molecule has 0 fully saturated rings. The molecule has 0 amide bonds. The number of anilines is 3. The highest BCUT2D eigenvalue weighted by Gasteiger charge is 2.17. The lowest BCUT2D eigenvalue weighted by Crippen LogP contribution is -2.10. The van der Waals surface area contributed by atoms with E-state index < -0.39 is 0 Å². The number of hydrogen-bond donors (Lipinski definition) is 0. The van der Waals surface area contributed by atoms with Crippen molar-refractivity contribution in [3.8, 4) is 22.3 Å². The van der Waals surface area contributed by atoms with Crippen LogP contribution in [-0.2, 0) is 0 Å². The van der Waals surface area contributed by atoms with Crippen molar-refractivity contribution in [3.05, 3.63) is 151 Å². The Morgan fingerprint density at radius 1 is 0.405 bits per heavy atom. The highest BCUT2D eigenvalue weighted by Crippen LogP contribution is 2.42. The molecule has 0 bridgehead atoms. The largest absolute Gasteiger partial charge is 0.310 e. The van der Waals surface area contributed by atoms with Gasteiger partial charge in [0.2, 0.25) is 0 Å². The van der Waals surface area contributed by atoms with Crippen LogP contribution in [0, 0.1) is 13.8 Å². The van der Waals surface area contributed by atoms with E-state index in [1.54, 1.807) is 0 Å². The summed E-state index contributed by atoms with van der Waals surface area (Å²) in [4.78, 5) is 2.35. The van der Waals surface area contributed by atoms with Gasteiger partial charge in [-0.3, -0.25) is 0 Å². The van der Waals surface area contributed by atoms with Crippen LogP contribution in [0.4, 0.5) is 17.1 Å². The molecule has 0 unspecified atom stereocenters. The number of rotatable bonds is 5. The second kappa shape index (κ2) is 9.79. The minimum absolute atomic E-state index is 1.13. The Balaban J connectivity index is 1.59. The summed E-state index contributed by atoms with van der Waals surface area (Å²) in [6, 6.07) is 50.4. The number of hydrogen-bond acceptors (Lipinski definition) is 1. The number of aryl methyl sites for hydroxylation is 2. The van der Waals surface area contributed by atoms with Gasteiger partial charge in [-0.05, 0) is 83.3 Å². The minimum Gasteiger partial charge on any atom is -0.310 e. The smallest absolute Gasteiger partial charge is 0.0468 e. The van der Waals surface area contributed by atoms with Gasteiger partial charge in [0.25, 0.3) is 0 Å². The van der Waals surface area contributed by atoms with Gasteiger partial charge in [0.05, 0.1) is 0 Å². The molecular weight excluding hydrogens is 446 g/mol. The Labute approximate surface area is 219 Å². The Morgan fingerprint density at radius 2 is 0.973 bits per heavy atom. The van der Waals surface area contributed by atoms with E-state index in [0.717, 1.165) is 17.1 Å². The van der Waals surface area contributed by atoms with Gasteiger partial charge in [0.15, 0.2) is 0 Å². The van der Waals surface area contributed by atoms with Crippen molar-refractivity contribution in [2.75, 3.05) is 4.90 Å². The molecule has 0 heterocycles. The molecule has 0 aliphatic rings. The predicted molar refractivity (Wildman–Crippen MR) is 159 cm³/mol. The summed E-state index contributed by atoms with van der Waals surface area (Å²) in [7, 11) is 0. The van der Waals surface area contributed by atoms with Crippen LogP contribution in [0.3, 0.4) is 0 Å². The predicted octanol–water partition coefficient (Wildman–Crippen LogP) is 10.3. The van der Waals surface area contributed by atoms with E-state index in [0.29, 0.717) is 0 Å². The fourth-order valence-electron chi connectivity index (χ4n) is 5.06. The van der Waals surface area contributed by atoms with E-state index in [1.165, 1.54) is 44.2 Å². The number of fused-ring (bicyclic) bond motifs is 1. The maximum absolute atomic E-state index is 2.35. The first-order valence-electron chi connectivity index (χ1n) is 12.8. The molecule has 0 N–H and O–H groups in total. The minimum atomic E-state index is 1.13. The summed E-state index contributed by atoms with van der Waals surface area (Å²) in [6.45, 7) is 4.26. The van der Waals surface area contributed by atoms with E-state index in [1.807, 2.05) is 0 Å². The molecule has 0 saturated carbocycles. The second-order valence-electron chi connectivity index (χ2n) is 9.63.